The molecule has 0 bridgehead atoms. The number of hydrogen-bond donors (Lipinski definition) is 3. The minimum absolute atomic E-state index is 0.0320. The number of nitrogens with one attached hydrogen (secondary N) is 2. The number of imidazole rings is 1. The first kappa shape index (κ1) is 19.0. The van der Waals surface area contributed by atoms with Gasteiger partial charge in [0.2, 0.25) is 0 Å². The smallest absolute Gasteiger partial charge is 0.125 e. The Kier molecular flexibility index (Phi) is 6.15. The van der Waals surface area contributed by atoms with Gasteiger partial charge in [0.25, 0.3) is 0 Å². The van der Waals surface area contributed by atoms with Crippen LogP contribution in [0.5, 0.6) is 0 Å². The zero-order valence-electron chi connectivity index (χ0n) is 16.7. The van der Waals surface area contributed by atoms with E-state index in [1.807, 2.05) is 0 Å². The Hall–Kier alpha value is -1.37. The van der Waals surface area contributed by atoms with Crippen LogP contribution in [0.25, 0.3) is 0 Å². The maximum Gasteiger partial charge on any atom is 0.125 e. The molecule has 3 heterocycles. The second kappa shape index (κ2) is 8.76. The Morgan fingerprint density at radius 2 is 2.07 bits per heavy atom. The Morgan fingerprint density at radius 3 is 2.74 bits per heavy atom. The summed E-state index contributed by atoms with van der Waals surface area (Å²) in [5, 5.41) is 5.94. The van der Waals surface area contributed by atoms with E-state index in [1.165, 1.54) is 50.6 Å². The zero-order valence-corrected chi connectivity index (χ0v) is 16.7. The lowest BCUT2D eigenvalue weighted by atomic mass is 9.84. The lowest BCUT2D eigenvalue weighted by Gasteiger charge is -2.35. The number of nitrogens with zero attached hydrogens (tertiary/aromatic N) is 3. The van der Waals surface area contributed by atoms with Crippen LogP contribution >= 0.6 is 0 Å². The molecule has 27 heavy (non-hydrogen) atoms. The first-order valence-electron chi connectivity index (χ1n) is 11.0. The molecule has 0 amide bonds. The predicted octanol–water partition coefficient (Wildman–Crippen LogP) is 2.80. The van der Waals surface area contributed by atoms with Gasteiger partial charge in [-0.2, -0.15) is 0 Å². The monoisotopic (exact) mass is 372 g/mol. The van der Waals surface area contributed by atoms with Gasteiger partial charge in [0, 0.05) is 49.2 Å². The molecule has 4 rings (SSSR count). The SMILES string of the molecule is CCn1c(C2CCC(N3C=CCN3)CC2)cnc1[C@@H](N)CC1CCCCN1. The highest BCUT2D eigenvalue weighted by Gasteiger charge is 2.29. The number of rotatable bonds is 6. The summed E-state index contributed by atoms with van der Waals surface area (Å²) in [6, 6.07) is 1.22. The maximum atomic E-state index is 6.60. The van der Waals surface area contributed by atoms with Crippen LogP contribution in [0.15, 0.2) is 18.5 Å². The molecule has 0 spiro atoms. The van der Waals surface area contributed by atoms with Crippen molar-refractivity contribution in [3.05, 3.63) is 30.0 Å². The first-order chi connectivity index (χ1) is 13.3. The fourth-order valence-corrected chi connectivity index (χ4v) is 5.18. The summed E-state index contributed by atoms with van der Waals surface area (Å²) in [6.45, 7) is 5.30. The number of hydrazine groups is 1. The average Bonchev–Trinajstić information content (AvgIpc) is 3.38. The van der Waals surface area contributed by atoms with Gasteiger partial charge in [-0.3, -0.25) is 0 Å². The highest BCUT2D eigenvalue weighted by atomic mass is 15.5. The molecule has 0 aromatic carbocycles. The summed E-state index contributed by atoms with van der Waals surface area (Å²) in [5.41, 5.74) is 11.5. The molecule has 2 fully saturated rings. The van der Waals surface area contributed by atoms with E-state index in [2.05, 4.69) is 45.7 Å². The van der Waals surface area contributed by atoms with E-state index < -0.39 is 0 Å². The second-order valence-electron chi connectivity index (χ2n) is 8.43. The van der Waals surface area contributed by atoms with Crippen molar-refractivity contribution in [2.75, 3.05) is 13.1 Å². The van der Waals surface area contributed by atoms with Crippen molar-refractivity contribution in [3.63, 3.8) is 0 Å². The molecular weight excluding hydrogens is 336 g/mol. The van der Waals surface area contributed by atoms with Crippen LogP contribution in [-0.4, -0.2) is 39.7 Å². The van der Waals surface area contributed by atoms with Crippen molar-refractivity contribution >= 4 is 0 Å². The Balaban J connectivity index is 1.39. The van der Waals surface area contributed by atoms with Crippen molar-refractivity contribution in [2.45, 2.75) is 88.9 Å². The molecular formula is C21H36N6. The molecule has 1 saturated heterocycles. The average molecular weight is 373 g/mol. The Bertz CT molecular complexity index is 625. The lowest BCUT2D eigenvalue weighted by Crippen LogP contribution is -2.40. The van der Waals surface area contributed by atoms with Gasteiger partial charge < -0.3 is 20.6 Å². The van der Waals surface area contributed by atoms with Gasteiger partial charge in [0.05, 0.1) is 6.04 Å². The van der Waals surface area contributed by atoms with Crippen molar-refractivity contribution in [3.8, 4) is 0 Å². The third-order valence-corrected chi connectivity index (χ3v) is 6.68. The van der Waals surface area contributed by atoms with E-state index >= 15 is 0 Å². The molecule has 4 N–H and O–H groups in total. The molecule has 1 saturated carbocycles. The fourth-order valence-electron chi connectivity index (χ4n) is 5.18. The van der Waals surface area contributed by atoms with Crippen molar-refractivity contribution < 1.29 is 0 Å². The topological polar surface area (TPSA) is 71.1 Å². The molecule has 0 radical (unpaired) electrons. The summed E-state index contributed by atoms with van der Waals surface area (Å²) in [4.78, 5) is 4.80. The van der Waals surface area contributed by atoms with Crippen molar-refractivity contribution in [1.29, 1.82) is 0 Å². The Morgan fingerprint density at radius 1 is 1.22 bits per heavy atom. The number of nitrogens with two attached hydrogens (primary N) is 1. The third-order valence-electron chi connectivity index (χ3n) is 6.68. The minimum Gasteiger partial charge on any atom is -0.331 e. The predicted molar refractivity (Wildman–Crippen MR) is 109 cm³/mol. The third kappa shape index (κ3) is 4.23. The van der Waals surface area contributed by atoms with Gasteiger partial charge in [-0.15, -0.1) is 0 Å². The standard InChI is InChI=1S/C21H36N6/c1-2-26-20(16-7-9-18(10-8-16)27-13-5-12-25-27)15-24-21(26)19(22)14-17-6-3-4-11-23-17/h5,13,15-19,23,25H,2-4,6-12,14,22H2,1H3/t16?,17?,18?,19-/m0/s1. The fraction of sp³-hybridized carbons (Fsp3) is 0.762. The van der Waals surface area contributed by atoms with Crippen LogP contribution in [-0.2, 0) is 6.54 Å². The summed E-state index contributed by atoms with van der Waals surface area (Å²) in [5.74, 6) is 1.71. The highest BCUT2D eigenvalue weighted by molar-refractivity contribution is 5.15. The van der Waals surface area contributed by atoms with E-state index in [-0.39, 0.29) is 6.04 Å². The van der Waals surface area contributed by atoms with Crippen molar-refractivity contribution in [1.82, 2.24) is 25.3 Å². The normalized spacial score (nSPS) is 30.0. The Labute approximate surface area is 163 Å². The van der Waals surface area contributed by atoms with Gasteiger partial charge in [-0.1, -0.05) is 12.5 Å². The molecule has 6 nitrogen and oxygen atoms in total. The van der Waals surface area contributed by atoms with Gasteiger partial charge in [0.1, 0.15) is 5.82 Å². The van der Waals surface area contributed by atoms with E-state index in [9.17, 15) is 0 Å². The van der Waals surface area contributed by atoms with Crippen LogP contribution in [0.3, 0.4) is 0 Å². The van der Waals surface area contributed by atoms with Gasteiger partial charge in [-0.05, 0) is 58.4 Å². The molecule has 3 aliphatic rings. The molecule has 1 aromatic heterocycles. The molecule has 150 valence electrons. The largest absolute Gasteiger partial charge is 0.331 e. The van der Waals surface area contributed by atoms with Crippen LogP contribution in [0.1, 0.15) is 81.8 Å². The first-order valence-corrected chi connectivity index (χ1v) is 11.0. The quantitative estimate of drug-likeness (QED) is 0.716. The van der Waals surface area contributed by atoms with Crippen LogP contribution in [0, 0.1) is 0 Å². The lowest BCUT2D eigenvalue weighted by molar-refractivity contribution is 0.166. The second-order valence-corrected chi connectivity index (χ2v) is 8.43. The van der Waals surface area contributed by atoms with Gasteiger partial charge >= 0.3 is 0 Å². The summed E-state index contributed by atoms with van der Waals surface area (Å²) in [6.07, 6.45) is 16.3. The van der Waals surface area contributed by atoms with E-state index in [0.717, 1.165) is 31.9 Å². The van der Waals surface area contributed by atoms with Gasteiger partial charge in [0.15, 0.2) is 0 Å². The van der Waals surface area contributed by atoms with Crippen LogP contribution in [0.4, 0.5) is 0 Å². The zero-order chi connectivity index (χ0) is 18.6. The highest BCUT2D eigenvalue weighted by Crippen LogP contribution is 2.36. The molecule has 2 aliphatic heterocycles. The number of piperidine rings is 1. The van der Waals surface area contributed by atoms with Crippen LogP contribution in [0.2, 0.25) is 0 Å². The molecule has 1 aliphatic carbocycles. The van der Waals surface area contributed by atoms with Gasteiger partial charge in [-0.25, -0.2) is 10.4 Å². The summed E-state index contributed by atoms with van der Waals surface area (Å²) < 4.78 is 2.41. The number of hydrogen-bond acceptors (Lipinski definition) is 5. The molecule has 6 heteroatoms. The molecule has 1 aromatic rings. The maximum absolute atomic E-state index is 6.60. The number of aromatic nitrogens is 2. The van der Waals surface area contributed by atoms with Crippen LogP contribution < -0.4 is 16.5 Å². The van der Waals surface area contributed by atoms with E-state index in [0.29, 0.717) is 18.0 Å². The minimum atomic E-state index is 0.0320. The van der Waals surface area contributed by atoms with E-state index in [4.69, 9.17) is 10.7 Å². The van der Waals surface area contributed by atoms with Crippen molar-refractivity contribution in [2.24, 2.45) is 5.73 Å². The summed E-state index contributed by atoms with van der Waals surface area (Å²) >= 11 is 0. The van der Waals surface area contributed by atoms with E-state index in [1.54, 1.807) is 0 Å². The molecule has 2 atom stereocenters. The summed E-state index contributed by atoms with van der Waals surface area (Å²) in [7, 11) is 0. The molecule has 1 unspecified atom stereocenters.